The molecule has 0 amide bonds. The summed E-state index contributed by atoms with van der Waals surface area (Å²) in [7, 11) is 0. The van der Waals surface area contributed by atoms with Gasteiger partial charge in [-0.2, -0.15) is 0 Å². The lowest BCUT2D eigenvalue weighted by Crippen LogP contribution is -2.14. The standard InChI is InChI=1S/C43H32N2/c1-43(2)35-21-7-3-17-34(35)42-36(43)22-13-24-38(42)44-37-23-8-4-14-30(37)28-18-11-20-31-29(28)19-12-27-41(31)45-39-25-9-5-15-32(39)33-16-6-10-26-40(33)45/h3-27,44H,1-2H3. The average molecular weight is 577 g/mol. The number of hydrogen-bond acceptors (Lipinski definition) is 1. The van der Waals surface area contributed by atoms with Crippen molar-refractivity contribution in [1.29, 1.82) is 0 Å². The summed E-state index contributed by atoms with van der Waals surface area (Å²) in [6.45, 7) is 4.67. The van der Waals surface area contributed by atoms with E-state index in [4.69, 9.17) is 0 Å². The topological polar surface area (TPSA) is 17.0 Å². The molecule has 9 rings (SSSR count). The van der Waals surface area contributed by atoms with Crippen molar-refractivity contribution in [3.05, 3.63) is 163 Å². The number of fused-ring (bicyclic) bond motifs is 7. The molecule has 0 atom stereocenters. The van der Waals surface area contributed by atoms with Gasteiger partial charge in [0.15, 0.2) is 0 Å². The van der Waals surface area contributed by atoms with E-state index in [1.165, 1.54) is 71.6 Å². The Morgan fingerprint density at radius 2 is 0.956 bits per heavy atom. The molecule has 8 aromatic rings. The molecule has 1 heterocycles. The summed E-state index contributed by atoms with van der Waals surface area (Å²) in [5, 5.41) is 8.91. The first kappa shape index (κ1) is 25.9. The highest BCUT2D eigenvalue weighted by atomic mass is 15.0. The molecule has 2 nitrogen and oxygen atoms in total. The van der Waals surface area contributed by atoms with E-state index in [0.717, 1.165) is 11.4 Å². The van der Waals surface area contributed by atoms with Gasteiger partial charge in [-0.1, -0.05) is 135 Å². The van der Waals surface area contributed by atoms with E-state index in [9.17, 15) is 0 Å². The van der Waals surface area contributed by atoms with Crippen LogP contribution in [0.3, 0.4) is 0 Å². The zero-order chi connectivity index (χ0) is 30.1. The molecular weight excluding hydrogens is 544 g/mol. The molecule has 0 aliphatic heterocycles. The highest BCUT2D eigenvalue weighted by molar-refractivity contribution is 6.11. The molecule has 0 saturated carbocycles. The molecule has 0 fully saturated rings. The minimum Gasteiger partial charge on any atom is -0.355 e. The van der Waals surface area contributed by atoms with Gasteiger partial charge in [0, 0.05) is 44.1 Å². The van der Waals surface area contributed by atoms with Gasteiger partial charge in [0.1, 0.15) is 0 Å². The second kappa shape index (κ2) is 9.70. The van der Waals surface area contributed by atoms with Crippen LogP contribution >= 0.6 is 0 Å². The van der Waals surface area contributed by atoms with Crippen LogP contribution in [0.4, 0.5) is 11.4 Å². The molecule has 0 radical (unpaired) electrons. The van der Waals surface area contributed by atoms with E-state index in [0.29, 0.717) is 0 Å². The predicted molar refractivity (Wildman–Crippen MR) is 191 cm³/mol. The Hall–Kier alpha value is -5.60. The first-order valence-corrected chi connectivity index (χ1v) is 15.7. The largest absolute Gasteiger partial charge is 0.355 e. The Kier molecular flexibility index (Phi) is 5.58. The molecule has 1 aliphatic carbocycles. The lowest BCUT2D eigenvalue weighted by molar-refractivity contribution is 0.660. The molecular formula is C43H32N2. The van der Waals surface area contributed by atoms with E-state index in [1.54, 1.807) is 0 Å². The fourth-order valence-corrected chi connectivity index (χ4v) is 7.74. The van der Waals surface area contributed by atoms with Crippen molar-refractivity contribution in [2.75, 3.05) is 5.32 Å². The summed E-state index contributed by atoms with van der Waals surface area (Å²) in [5.41, 5.74) is 13.6. The van der Waals surface area contributed by atoms with E-state index >= 15 is 0 Å². The number of anilines is 2. The molecule has 7 aromatic carbocycles. The number of rotatable bonds is 4. The molecule has 214 valence electrons. The third kappa shape index (κ3) is 3.76. The normalized spacial score (nSPS) is 13.3. The Bertz CT molecular complexity index is 2390. The molecule has 0 saturated heterocycles. The number of para-hydroxylation sites is 3. The van der Waals surface area contributed by atoms with Gasteiger partial charge in [-0.05, 0) is 58.0 Å². The van der Waals surface area contributed by atoms with Crippen molar-refractivity contribution < 1.29 is 0 Å². The number of nitrogens with zero attached hydrogens (tertiary/aromatic N) is 1. The number of benzene rings is 7. The maximum Gasteiger partial charge on any atom is 0.0541 e. The summed E-state index contributed by atoms with van der Waals surface area (Å²) in [4.78, 5) is 0. The van der Waals surface area contributed by atoms with Crippen LogP contribution in [-0.4, -0.2) is 4.57 Å². The van der Waals surface area contributed by atoms with E-state index in [1.807, 2.05) is 0 Å². The van der Waals surface area contributed by atoms with Crippen LogP contribution in [0.25, 0.3) is 60.5 Å². The van der Waals surface area contributed by atoms with Gasteiger partial charge < -0.3 is 9.88 Å². The van der Waals surface area contributed by atoms with Crippen LogP contribution in [-0.2, 0) is 5.41 Å². The Labute approximate surface area is 263 Å². The summed E-state index contributed by atoms with van der Waals surface area (Å²) in [6, 6.07) is 55.1. The van der Waals surface area contributed by atoms with Crippen LogP contribution in [0, 0.1) is 0 Å². The van der Waals surface area contributed by atoms with E-state index < -0.39 is 0 Å². The molecule has 2 heteroatoms. The quantitative estimate of drug-likeness (QED) is 0.220. The van der Waals surface area contributed by atoms with Crippen LogP contribution in [0.1, 0.15) is 25.0 Å². The smallest absolute Gasteiger partial charge is 0.0541 e. The zero-order valence-corrected chi connectivity index (χ0v) is 25.4. The van der Waals surface area contributed by atoms with Crippen molar-refractivity contribution in [2.45, 2.75) is 19.3 Å². The highest BCUT2D eigenvalue weighted by Gasteiger charge is 2.36. The summed E-state index contributed by atoms with van der Waals surface area (Å²) in [5.74, 6) is 0. The van der Waals surface area contributed by atoms with Crippen LogP contribution in [0.15, 0.2) is 152 Å². The molecule has 1 N–H and O–H groups in total. The van der Waals surface area contributed by atoms with Crippen molar-refractivity contribution in [3.8, 4) is 27.9 Å². The summed E-state index contributed by atoms with van der Waals surface area (Å²) in [6.07, 6.45) is 0. The maximum absolute atomic E-state index is 3.90. The van der Waals surface area contributed by atoms with Crippen molar-refractivity contribution in [1.82, 2.24) is 4.57 Å². The van der Waals surface area contributed by atoms with E-state index in [-0.39, 0.29) is 5.41 Å². The third-order valence-corrected chi connectivity index (χ3v) is 9.81. The minimum atomic E-state index is -0.0397. The number of nitrogens with one attached hydrogen (secondary N) is 1. The summed E-state index contributed by atoms with van der Waals surface area (Å²) < 4.78 is 2.42. The minimum absolute atomic E-state index is 0.0397. The molecule has 45 heavy (non-hydrogen) atoms. The molecule has 0 spiro atoms. The van der Waals surface area contributed by atoms with E-state index in [2.05, 4.69) is 175 Å². The van der Waals surface area contributed by atoms with Gasteiger partial charge in [-0.25, -0.2) is 0 Å². The van der Waals surface area contributed by atoms with Gasteiger partial charge in [0.05, 0.1) is 16.7 Å². The first-order chi connectivity index (χ1) is 22.1. The average Bonchev–Trinajstić information content (AvgIpc) is 3.54. The number of hydrogen-bond donors (Lipinski definition) is 1. The molecule has 0 unspecified atom stereocenters. The monoisotopic (exact) mass is 576 g/mol. The van der Waals surface area contributed by atoms with Gasteiger partial charge in [-0.15, -0.1) is 0 Å². The second-order valence-electron chi connectivity index (χ2n) is 12.6. The lowest BCUT2D eigenvalue weighted by atomic mass is 9.82. The van der Waals surface area contributed by atoms with Gasteiger partial charge in [-0.3, -0.25) is 0 Å². The Morgan fingerprint density at radius 3 is 1.76 bits per heavy atom. The van der Waals surface area contributed by atoms with Crippen molar-refractivity contribution in [3.63, 3.8) is 0 Å². The van der Waals surface area contributed by atoms with Crippen LogP contribution < -0.4 is 5.32 Å². The van der Waals surface area contributed by atoms with Crippen molar-refractivity contribution >= 4 is 44.0 Å². The lowest BCUT2D eigenvalue weighted by Gasteiger charge is -2.22. The van der Waals surface area contributed by atoms with Crippen LogP contribution in [0.5, 0.6) is 0 Å². The molecule has 1 aliphatic rings. The SMILES string of the molecule is CC1(C)c2ccccc2-c2c(Nc3ccccc3-c3cccc4c(-n5c6ccccc6c6ccccc65)cccc34)cccc21. The molecule has 0 bridgehead atoms. The Morgan fingerprint density at radius 1 is 0.422 bits per heavy atom. The fraction of sp³-hybridized carbons (Fsp3) is 0.0698. The van der Waals surface area contributed by atoms with Gasteiger partial charge in [0.2, 0.25) is 0 Å². The second-order valence-corrected chi connectivity index (χ2v) is 12.6. The predicted octanol–water partition coefficient (Wildman–Crippen LogP) is 11.7. The summed E-state index contributed by atoms with van der Waals surface area (Å²) >= 11 is 0. The van der Waals surface area contributed by atoms with Crippen LogP contribution in [0.2, 0.25) is 0 Å². The van der Waals surface area contributed by atoms with Gasteiger partial charge in [0.25, 0.3) is 0 Å². The zero-order valence-electron chi connectivity index (χ0n) is 25.4. The van der Waals surface area contributed by atoms with Crippen molar-refractivity contribution in [2.24, 2.45) is 0 Å². The number of aromatic nitrogens is 1. The third-order valence-electron chi connectivity index (χ3n) is 9.81. The Balaban J connectivity index is 1.22. The maximum atomic E-state index is 3.90. The fourth-order valence-electron chi connectivity index (χ4n) is 7.74. The van der Waals surface area contributed by atoms with Gasteiger partial charge >= 0.3 is 0 Å². The first-order valence-electron chi connectivity index (χ1n) is 15.7. The molecule has 1 aromatic heterocycles. The highest BCUT2D eigenvalue weighted by Crippen LogP contribution is 2.52.